The minimum Gasteiger partial charge on any atom is -0.497 e. The molecule has 2 aromatic heterocycles. The molecule has 4 aromatic rings. The first-order valence-corrected chi connectivity index (χ1v) is 24.9. The van der Waals surface area contributed by atoms with Crippen LogP contribution in [0.1, 0.15) is 68.3 Å². The lowest BCUT2D eigenvalue weighted by Crippen LogP contribution is -2.42. The number of carbonyl (C=O) groups excluding carboxylic acids is 1. The van der Waals surface area contributed by atoms with Crippen molar-refractivity contribution in [3.05, 3.63) is 106 Å². The van der Waals surface area contributed by atoms with Gasteiger partial charge >= 0.3 is 6.09 Å². The maximum atomic E-state index is 13.8. The molecule has 1 fully saturated rings. The normalized spacial score (nSPS) is 15.9. The van der Waals surface area contributed by atoms with E-state index in [-0.39, 0.29) is 13.2 Å². The highest BCUT2D eigenvalue weighted by Gasteiger charge is 2.27. The Kier molecular flexibility index (Phi) is 17.0. The molecule has 0 spiro atoms. The van der Waals surface area contributed by atoms with Gasteiger partial charge in [0.15, 0.2) is 0 Å². The lowest BCUT2D eigenvalue weighted by molar-refractivity contribution is 0.0229. The number of methoxy groups -OCH3 is 2. The Labute approximate surface area is 367 Å². The fourth-order valence-electron chi connectivity index (χ4n) is 6.55. The number of carbonyl (C=O) groups is 1. The topological polar surface area (TPSA) is 133 Å². The van der Waals surface area contributed by atoms with E-state index in [4.69, 9.17) is 33.2 Å². The standard InChI is InChI=1S/C47H59N5O8P2/c1-10-58-61(8,54)44-32-38(14-12-36-16-20-42(56-6)21-17-36)30-40(48-44)34-50-24-25-51(27-29-52(28-26-50)46(53)60-47(3,4)5)35-41-31-39(33-45(49-41)62(9,55)59-11-2)15-13-37-18-22-43(57-7)23-19-37/h16-23,30-33H,10-11,24-29,34-35H2,1-9H3. The summed E-state index contributed by atoms with van der Waals surface area (Å²) in [5.41, 5.74) is 4.25. The molecule has 62 heavy (non-hydrogen) atoms. The maximum absolute atomic E-state index is 13.8. The van der Waals surface area contributed by atoms with Gasteiger partial charge < -0.3 is 28.2 Å². The van der Waals surface area contributed by atoms with Crippen LogP contribution in [-0.2, 0) is 36.0 Å². The van der Waals surface area contributed by atoms with E-state index in [2.05, 4.69) is 33.5 Å². The van der Waals surface area contributed by atoms with Crippen molar-refractivity contribution in [3.63, 3.8) is 0 Å². The average Bonchev–Trinajstić information content (AvgIpc) is 3.32. The molecule has 1 aliphatic heterocycles. The molecule has 0 saturated carbocycles. The minimum atomic E-state index is -3.27. The number of nitrogens with zero attached hydrogens (tertiary/aromatic N) is 5. The summed E-state index contributed by atoms with van der Waals surface area (Å²) in [7, 11) is -3.30. The number of benzene rings is 2. The third-order valence-electron chi connectivity index (χ3n) is 9.72. The first kappa shape index (κ1) is 48.1. The Morgan fingerprint density at radius 1 is 0.613 bits per heavy atom. The fraction of sp³-hybridized carbons (Fsp3) is 0.426. The Balaban J connectivity index is 1.47. The number of hydrogen-bond acceptors (Lipinski definition) is 12. The summed E-state index contributed by atoms with van der Waals surface area (Å²) in [5.74, 6) is 14.4. The van der Waals surface area contributed by atoms with Crippen LogP contribution in [0.4, 0.5) is 4.79 Å². The summed E-state index contributed by atoms with van der Waals surface area (Å²) in [4.78, 5) is 29.5. The zero-order valence-electron chi connectivity index (χ0n) is 37.4. The first-order valence-electron chi connectivity index (χ1n) is 20.7. The van der Waals surface area contributed by atoms with Crippen LogP contribution >= 0.6 is 14.7 Å². The van der Waals surface area contributed by atoms with Gasteiger partial charge in [-0.05, 0) is 107 Å². The molecule has 0 radical (unpaired) electrons. The molecule has 330 valence electrons. The Morgan fingerprint density at radius 3 is 1.34 bits per heavy atom. The Bertz CT molecular complexity index is 2230. The molecule has 13 nitrogen and oxygen atoms in total. The molecule has 5 rings (SSSR count). The molecule has 2 unspecified atom stereocenters. The fourth-order valence-corrected chi connectivity index (χ4v) is 9.17. The zero-order chi connectivity index (χ0) is 44.9. The predicted molar refractivity (Wildman–Crippen MR) is 244 cm³/mol. The summed E-state index contributed by atoms with van der Waals surface area (Å²) in [6, 6.07) is 22.2. The summed E-state index contributed by atoms with van der Waals surface area (Å²) < 4.78 is 55.4. The van der Waals surface area contributed by atoms with Crippen molar-refractivity contribution in [2.45, 2.75) is 53.3 Å². The van der Waals surface area contributed by atoms with E-state index < -0.39 is 26.4 Å². The quantitative estimate of drug-likeness (QED) is 0.107. The van der Waals surface area contributed by atoms with Gasteiger partial charge in [-0.15, -0.1) is 0 Å². The Hall–Kier alpha value is -4.97. The third-order valence-corrected chi connectivity index (χ3v) is 13.3. The van der Waals surface area contributed by atoms with Crippen molar-refractivity contribution in [2.75, 3.05) is 80.0 Å². The predicted octanol–water partition coefficient (Wildman–Crippen LogP) is 6.99. The monoisotopic (exact) mass is 883 g/mol. The molecule has 2 aromatic carbocycles. The summed E-state index contributed by atoms with van der Waals surface area (Å²) in [5, 5.41) is 0. The lowest BCUT2D eigenvalue weighted by atomic mass is 10.1. The van der Waals surface area contributed by atoms with Crippen molar-refractivity contribution in [1.82, 2.24) is 24.7 Å². The molecule has 1 saturated heterocycles. The van der Waals surface area contributed by atoms with Crippen molar-refractivity contribution < 1.29 is 37.2 Å². The van der Waals surface area contributed by atoms with E-state index in [9.17, 15) is 13.9 Å². The van der Waals surface area contributed by atoms with E-state index in [1.165, 1.54) is 0 Å². The van der Waals surface area contributed by atoms with Crippen LogP contribution in [0.25, 0.3) is 0 Å². The van der Waals surface area contributed by atoms with Crippen LogP contribution in [0.5, 0.6) is 11.5 Å². The third kappa shape index (κ3) is 14.6. The van der Waals surface area contributed by atoms with Gasteiger partial charge in [0.25, 0.3) is 0 Å². The Morgan fingerprint density at radius 2 is 0.984 bits per heavy atom. The van der Waals surface area contributed by atoms with Gasteiger partial charge in [-0.25, -0.2) is 14.8 Å². The smallest absolute Gasteiger partial charge is 0.410 e. The molecule has 0 aliphatic carbocycles. The van der Waals surface area contributed by atoms with Crippen LogP contribution < -0.4 is 20.3 Å². The largest absolute Gasteiger partial charge is 0.497 e. The maximum Gasteiger partial charge on any atom is 0.410 e. The summed E-state index contributed by atoms with van der Waals surface area (Å²) in [6.07, 6.45) is -0.404. The molecular formula is C47H59N5O8P2. The molecule has 1 aliphatic rings. The molecule has 0 N–H and O–H groups in total. The van der Waals surface area contributed by atoms with Gasteiger partial charge in [0.1, 0.15) is 28.0 Å². The second kappa shape index (κ2) is 21.9. The van der Waals surface area contributed by atoms with E-state index in [1.807, 2.05) is 81.4 Å². The first-order chi connectivity index (χ1) is 29.5. The number of rotatable bonds is 12. The molecule has 2 atom stereocenters. The number of pyridine rings is 2. The van der Waals surface area contributed by atoms with Crippen molar-refractivity contribution in [2.24, 2.45) is 0 Å². The summed E-state index contributed by atoms with van der Waals surface area (Å²) in [6.45, 7) is 16.7. The number of amides is 1. The van der Waals surface area contributed by atoms with Gasteiger partial charge in [0.05, 0.1) is 38.8 Å². The molecule has 15 heteroatoms. The van der Waals surface area contributed by atoms with Gasteiger partial charge in [0.2, 0.25) is 14.7 Å². The summed E-state index contributed by atoms with van der Waals surface area (Å²) >= 11 is 0. The average molecular weight is 884 g/mol. The zero-order valence-corrected chi connectivity index (χ0v) is 39.2. The molecule has 1 amide bonds. The number of hydrogen-bond donors (Lipinski definition) is 0. The highest BCUT2D eigenvalue weighted by Crippen LogP contribution is 2.41. The second-order valence-corrected chi connectivity index (χ2v) is 20.7. The lowest BCUT2D eigenvalue weighted by Gasteiger charge is -2.29. The van der Waals surface area contributed by atoms with Gasteiger partial charge in [0, 0.05) is 87.9 Å². The van der Waals surface area contributed by atoms with Crippen molar-refractivity contribution >= 4 is 31.7 Å². The SMILES string of the molecule is CCOP(C)(=O)c1cc(C#Cc2ccc(OC)cc2)cc(CN2CCN(Cc3cc(C#Cc4ccc(OC)cc4)cc(P(C)(=O)OCC)n3)CCN(C(=O)OC(C)(C)C)CC2)n1. The van der Waals surface area contributed by atoms with Crippen LogP contribution in [-0.4, -0.2) is 116 Å². The molecular weight excluding hydrogens is 824 g/mol. The van der Waals surface area contributed by atoms with E-state index in [0.29, 0.717) is 85.7 Å². The van der Waals surface area contributed by atoms with Gasteiger partial charge in [-0.3, -0.25) is 18.9 Å². The van der Waals surface area contributed by atoms with E-state index in [1.54, 1.807) is 58.4 Å². The highest BCUT2D eigenvalue weighted by molar-refractivity contribution is 7.66. The minimum absolute atomic E-state index is 0.269. The van der Waals surface area contributed by atoms with Crippen molar-refractivity contribution in [1.29, 1.82) is 0 Å². The molecule has 0 bridgehead atoms. The van der Waals surface area contributed by atoms with E-state index in [0.717, 1.165) is 22.6 Å². The highest BCUT2D eigenvalue weighted by atomic mass is 31.2. The number of aromatic nitrogens is 2. The van der Waals surface area contributed by atoms with E-state index >= 15 is 0 Å². The van der Waals surface area contributed by atoms with Crippen LogP contribution in [0.15, 0.2) is 72.8 Å². The van der Waals surface area contributed by atoms with Gasteiger partial charge in [-0.2, -0.15) is 0 Å². The second-order valence-electron chi connectivity index (χ2n) is 15.9. The molecule has 3 heterocycles. The van der Waals surface area contributed by atoms with Crippen molar-refractivity contribution in [3.8, 4) is 35.2 Å². The van der Waals surface area contributed by atoms with Gasteiger partial charge in [-0.1, -0.05) is 23.7 Å². The van der Waals surface area contributed by atoms with Crippen LogP contribution in [0, 0.1) is 23.7 Å². The van der Waals surface area contributed by atoms with Crippen LogP contribution in [0.2, 0.25) is 0 Å². The van der Waals surface area contributed by atoms with Crippen LogP contribution in [0.3, 0.4) is 0 Å². The number of ether oxygens (including phenoxy) is 3.